The third-order valence-corrected chi connectivity index (χ3v) is 5.25. The zero-order valence-corrected chi connectivity index (χ0v) is 17.8. The molecule has 0 aliphatic carbocycles. The van der Waals surface area contributed by atoms with Gasteiger partial charge in [0, 0.05) is 10.8 Å². The number of carboxylic acids is 1. The van der Waals surface area contributed by atoms with E-state index < -0.39 is 47.9 Å². The number of aliphatic carboxylic acids is 1. The van der Waals surface area contributed by atoms with Gasteiger partial charge in [-0.15, -0.1) is 0 Å². The molecular formula is C24H18F3NO6. The van der Waals surface area contributed by atoms with Gasteiger partial charge in [-0.1, -0.05) is 37.3 Å². The number of rotatable bonds is 8. The fourth-order valence-electron chi connectivity index (χ4n) is 3.88. The minimum absolute atomic E-state index is 0.0397. The molecule has 0 spiro atoms. The quantitative estimate of drug-likeness (QED) is 0.473. The minimum atomic E-state index is -3.28. The van der Waals surface area contributed by atoms with Crippen LogP contribution in [-0.2, 0) is 11.2 Å². The Morgan fingerprint density at radius 1 is 1.03 bits per heavy atom. The number of anilines is 1. The summed E-state index contributed by atoms with van der Waals surface area (Å²) in [6.07, 6.45) is -0.0263. The number of carboxylic acid groups (broad SMARTS) is 1. The van der Waals surface area contributed by atoms with Crippen LogP contribution in [0.4, 0.5) is 18.9 Å². The van der Waals surface area contributed by atoms with Gasteiger partial charge in [0.25, 0.3) is 11.8 Å². The monoisotopic (exact) mass is 473 g/mol. The molecule has 4 rings (SSSR count). The van der Waals surface area contributed by atoms with E-state index in [-0.39, 0.29) is 34.6 Å². The highest BCUT2D eigenvalue weighted by Gasteiger charge is 2.44. The van der Waals surface area contributed by atoms with Crippen LogP contribution in [0.2, 0.25) is 0 Å². The third kappa shape index (κ3) is 3.91. The van der Waals surface area contributed by atoms with E-state index in [1.807, 2.05) is 6.92 Å². The topological polar surface area (TPSA) is 93.1 Å². The van der Waals surface area contributed by atoms with Gasteiger partial charge in [0.1, 0.15) is 17.3 Å². The molecule has 7 nitrogen and oxygen atoms in total. The Bertz CT molecular complexity index is 1320. The smallest absolute Gasteiger partial charge is 0.387 e. The molecule has 0 fully saturated rings. The Morgan fingerprint density at radius 3 is 2.21 bits per heavy atom. The minimum Gasteiger partial charge on any atom is -0.492 e. The molecule has 3 aromatic carbocycles. The van der Waals surface area contributed by atoms with E-state index in [4.69, 9.17) is 14.6 Å². The molecule has 0 aromatic heterocycles. The summed E-state index contributed by atoms with van der Waals surface area (Å²) in [4.78, 5) is 38.3. The van der Waals surface area contributed by atoms with Gasteiger partial charge in [-0.2, -0.15) is 8.78 Å². The number of imide groups is 1. The lowest BCUT2D eigenvalue weighted by Crippen LogP contribution is -2.29. The summed E-state index contributed by atoms with van der Waals surface area (Å²) in [6.45, 7) is -1.26. The lowest BCUT2D eigenvalue weighted by atomic mass is 9.99. The Labute approximate surface area is 191 Å². The first-order chi connectivity index (χ1) is 16.2. The van der Waals surface area contributed by atoms with Gasteiger partial charge in [0.15, 0.2) is 0 Å². The van der Waals surface area contributed by atoms with Gasteiger partial charge < -0.3 is 14.6 Å². The van der Waals surface area contributed by atoms with E-state index in [9.17, 15) is 27.6 Å². The van der Waals surface area contributed by atoms with Crippen molar-refractivity contribution in [2.45, 2.75) is 26.4 Å². The van der Waals surface area contributed by atoms with E-state index in [0.717, 1.165) is 12.1 Å². The van der Waals surface area contributed by atoms with Crippen LogP contribution < -0.4 is 14.4 Å². The van der Waals surface area contributed by atoms with Gasteiger partial charge in [-0.3, -0.25) is 14.4 Å². The largest absolute Gasteiger partial charge is 0.492 e. The molecule has 34 heavy (non-hydrogen) atoms. The van der Waals surface area contributed by atoms with E-state index >= 15 is 0 Å². The number of carbonyl (C=O) groups is 3. The lowest BCUT2D eigenvalue weighted by Gasteiger charge is -2.16. The molecule has 0 saturated heterocycles. The van der Waals surface area contributed by atoms with Crippen molar-refractivity contribution in [1.29, 1.82) is 0 Å². The zero-order valence-electron chi connectivity index (χ0n) is 17.8. The molecule has 1 aliphatic heterocycles. The number of nitrogens with zero attached hydrogens (tertiary/aromatic N) is 1. The van der Waals surface area contributed by atoms with Gasteiger partial charge in [-0.05, 0) is 24.1 Å². The molecular weight excluding hydrogens is 455 g/mol. The maximum atomic E-state index is 14.5. The van der Waals surface area contributed by atoms with Crippen LogP contribution in [-0.4, -0.2) is 36.1 Å². The summed E-state index contributed by atoms with van der Waals surface area (Å²) < 4.78 is 51.6. The lowest BCUT2D eigenvalue weighted by molar-refractivity contribution is -0.136. The van der Waals surface area contributed by atoms with Crippen molar-refractivity contribution in [3.05, 3.63) is 65.0 Å². The highest BCUT2D eigenvalue weighted by atomic mass is 19.3. The van der Waals surface area contributed by atoms with Crippen LogP contribution in [0.15, 0.2) is 42.5 Å². The highest BCUT2D eigenvalue weighted by molar-refractivity contribution is 6.38. The van der Waals surface area contributed by atoms with Gasteiger partial charge >= 0.3 is 12.6 Å². The molecule has 0 bridgehead atoms. The highest BCUT2D eigenvalue weighted by Crippen LogP contribution is 2.46. The van der Waals surface area contributed by atoms with Gasteiger partial charge in [-0.25, -0.2) is 9.29 Å². The Morgan fingerprint density at radius 2 is 1.65 bits per heavy atom. The maximum absolute atomic E-state index is 14.5. The van der Waals surface area contributed by atoms with Crippen molar-refractivity contribution in [1.82, 2.24) is 0 Å². The number of hydrogen-bond donors (Lipinski definition) is 1. The normalized spacial score (nSPS) is 13.0. The first-order valence-corrected chi connectivity index (χ1v) is 10.3. The second kappa shape index (κ2) is 9.05. The number of benzene rings is 3. The fourth-order valence-corrected chi connectivity index (χ4v) is 3.88. The molecule has 0 atom stereocenters. The summed E-state index contributed by atoms with van der Waals surface area (Å²) in [5.74, 6) is -4.53. The summed E-state index contributed by atoms with van der Waals surface area (Å²) in [5, 5.41) is 9.35. The fraction of sp³-hybridized carbons (Fsp3) is 0.208. The number of hydrogen-bond acceptors (Lipinski definition) is 5. The summed E-state index contributed by atoms with van der Waals surface area (Å²) in [7, 11) is 0. The average Bonchev–Trinajstić information content (AvgIpc) is 3.04. The van der Waals surface area contributed by atoms with Gasteiger partial charge in [0.05, 0.1) is 29.8 Å². The van der Waals surface area contributed by atoms with E-state index in [1.165, 1.54) is 12.1 Å². The molecule has 0 radical (unpaired) electrons. The summed E-state index contributed by atoms with van der Waals surface area (Å²) in [6, 6.07) is 9.40. The van der Waals surface area contributed by atoms with Crippen molar-refractivity contribution in [2.24, 2.45) is 0 Å². The van der Waals surface area contributed by atoms with Crippen LogP contribution >= 0.6 is 0 Å². The Balaban J connectivity index is 1.93. The number of alkyl halides is 2. The zero-order chi connectivity index (χ0) is 24.6. The number of carbonyl (C=O) groups excluding carboxylic acids is 2. The number of fused-ring (bicyclic) bond motifs is 2. The third-order valence-electron chi connectivity index (χ3n) is 5.25. The number of ether oxygens (including phenoxy) is 2. The second-order valence-corrected chi connectivity index (χ2v) is 7.47. The second-order valence-electron chi connectivity index (χ2n) is 7.47. The molecule has 1 heterocycles. The van der Waals surface area contributed by atoms with Crippen molar-refractivity contribution in [3.63, 3.8) is 0 Å². The van der Waals surface area contributed by atoms with Crippen LogP contribution in [0.5, 0.6) is 11.5 Å². The molecule has 0 saturated carbocycles. The maximum Gasteiger partial charge on any atom is 0.387 e. The molecule has 1 aliphatic rings. The van der Waals surface area contributed by atoms with Crippen molar-refractivity contribution >= 4 is 34.2 Å². The first-order valence-electron chi connectivity index (χ1n) is 10.3. The van der Waals surface area contributed by atoms with Crippen molar-refractivity contribution in [3.8, 4) is 11.5 Å². The number of halogens is 3. The standard InChI is InChI=1S/C24H18F3NO6/c1-2-9-33-20-14-5-3-4-6-15(14)21(34-24(26)27)19-18(20)22(31)28(23(19)32)13-8-7-12(10-17(29)30)16(25)11-13/h3-8,11,24H,2,9-10H2,1H3,(H,29,30). The predicted octanol–water partition coefficient (Wildman–Crippen LogP) is 4.80. The average molecular weight is 473 g/mol. The van der Waals surface area contributed by atoms with E-state index in [0.29, 0.717) is 16.7 Å². The van der Waals surface area contributed by atoms with Crippen LogP contribution in [0, 0.1) is 5.82 Å². The molecule has 3 aromatic rings. The van der Waals surface area contributed by atoms with E-state index in [2.05, 4.69) is 0 Å². The number of amides is 2. The molecule has 1 N–H and O–H groups in total. The van der Waals surface area contributed by atoms with E-state index in [1.54, 1.807) is 18.2 Å². The van der Waals surface area contributed by atoms with Crippen molar-refractivity contribution < 1.29 is 42.1 Å². The van der Waals surface area contributed by atoms with Crippen LogP contribution in [0.1, 0.15) is 39.6 Å². The van der Waals surface area contributed by atoms with Crippen LogP contribution in [0.25, 0.3) is 10.8 Å². The molecule has 176 valence electrons. The summed E-state index contributed by atoms with van der Waals surface area (Å²) in [5.41, 5.74) is -1.01. The predicted molar refractivity (Wildman–Crippen MR) is 115 cm³/mol. The summed E-state index contributed by atoms with van der Waals surface area (Å²) >= 11 is 0. The molecule has 10 heteroatoms. The molecule has 2 amide bonds. The molecule has 0 unspecified atom stereocenters. The van der Waals surface area contributed by atoms with Gasteiger partial charge in [0.2, 0.25) is 0 Å². The Hall–Kier alpha value is -4.08. The van der Waals surface area contributed by atoms with Crippen molar-refractivity contribution in [2.75, 3.05) is 11.5 Å². The Kier molecular flexibility index (Phi) is 6.14. The first kappa shape index (κ1) is 23.1. The van der Waals surface area contributed by atoms with Crippen LogP contribution in [0.3, 0.4) is 0 Å². The SMILES string of the molecule is CCCOc1c2c(c(OC(F)F)c3ccccc13)C(=O)N(c1ccc(CC(=O)O)c(F)c1)C2=O.